The number of aryl methyl sites for hydroxylation is 1. The zero-order valence-corrected chi connectivity index (χ0v) is 11.8. The van der Waals surface area contributed by atoms with E-state index in [0.29, 0.717) is 12.5 Å². The lowest BCUT2D eigenvalue weighted by atomic mass is 9.98. The van der Waals surface area contributed by atoms with Crippen LogP contribution < -0.4 is 10.5 Å². The summed E-state index contributed by atoms with van der Waals surface area (Å²) < 4.78 is 5.81. The molecule has 0 aliphatic heterocycles. The molecule has 2 nitrogen and oxygen atoms in total. The van der Waals surface area contributed by atoms with E-state index >= 15 is 0 Å². The molecule has 0 aliphatic rings. The minimum absolute atomic E-state index is 0.507. The summed E-state index contributed by atoms with van der Waals surface area (Å²) in [5.41, 5.74) is 10.3. The summed E-state index contributed by atoms with van der Waals surface area (Å²) in [4.78, 5) is 0. The number of nitrogens with two attached hydrogens (primary N) is 1. The van der Waals surface area contributed by atoms with Crippen LogP contribution in [-0.2, 0) is 6.61 Å². The van der Waals surface area contributed by atoms with E-state index in [9.17, 15) is 0 Å². The zero-order chi connectivity index (χ0) is 13.8. The molecule has 0 saturated carbocycles. The minimum Gasteiger partial charge on any atom is -0.489 e. The SMILES string of the molecule is Cc1cc(OCc2ccccc2N)ccc1C(C)C. The fourth-order valence-corrected chi connectivity index (χ4v) is 2.21. The quantitative estimate of drug-likeness (QED) is 0.828. The number of nitrogen functional groups attached to an aromatic ring is 1. The average Bonchev–Trinajstić information content (AvgIpc) is 2.37. The van der Waals surface area contributed by atoms with Gasteiger partial charge < -0.3 is 10.5 Å². The third kappa shape index (κ3) is 3.28. The molecule has 2 N–H and O–H groups in total. The van der Waals surface area contributed by atoms with Gasteiger partial charge in [0.05, 0.1) is 0 Å². The number of para-hydroxylation sites is 1. The van der Waals surface area contributed by atoms with Crippen LogP contribution >= 0.6 is 0 Å². The van der Waals surface area contributed by atoms with E-state index in [1.165, 1.54) is 11.1 Å². The second-order valence-electron chi connectivity index (χ2n) is 5.16. The van der Waals surface area contributed by atoms with Crippen molar-refractivity contribution in [3.63, 3.8) is 0 Å². The molecule has 2 aromatic carbocycles. The number of rotatable bonds is 4. The molecule has 0 amide bonds. The summed E-state index contributed by atoms with van der Waals surface area (Å²) in [7, 11) is 0. The number of hydrogen-bond donors (Lipinski definition) is 1. The summed E-state index contributed by atoms with van der Waals surface area (Å²) in [5, 5.41) is 0. The molecule has 19 heavy (non-hydrogen) atoms. The fraction of sp³-hybridized carbons (Fsp3) is 0.294. The largest absolute Gasteiger partial charge is 0.489 e. The Labute approximate surface area is 115 Å². The molecule has 2 heteroatoms. The van der Waals surface area contributed by atoms with Gasteiger partial charge in [0.15, 0.2) is 0 Å². The molecular formula is C17H21NO. The first-order valence-electron chi connectivity index (χ1n) is 6.64. The lowest BCUT2D eigenvalue weighted by molar-refractivity contribution is 0.306. The van der Waals surface area contributed by atoms with Crippen LogP contribution in [0.1, 0.15) is 36.5 Å². The molecule has 0 fully saturated rings. The van der Waals surface area contributed by atoms with Gasteiger partial charge in [0, 0.05) is 11.3 Å². The van der Waals surface area contributed by atoms with E-state index in [0.717, 1.165) is 17.0 Å². The second-order valence-corrected chi connectivity index (χ2v) is 5.16. The van der Waals surface area contributed by atoms with E-state index in [-0.39, 0.29) is 0 Å². The molecule has 0 aliphatic carbocycles. The molecule has 0 aromatic heterocycles. The van der Waals surface area contributed by atoms with E-state index < -0.39 is 0 Å². The van der Waals surface area contributed by atoms with Crippen molar-refractivity contribution in [1.82, 2.24) is 0 Å². The monoisotopic (exact) mass is 255 g/mol. The van der Waals surface area contributed by atoms with Crippen molar-refractivity contribution in [2.45, 2.75) is 33.3 Å². The van der Waals surface area contributed by atoms with Gasteiger partial charge in [0.1, 0.15) is 12.4 Å². The van der Waals surface area contributed by atoms with Crippen molar-refractivity contribution in [2.75, 3.05) is 5.73 Å². The summed E-state index contributed by atoms with van der Waals surface area (Å²) in [5.74, 6) is 1.43. The van der Waals surface area contributed by atoms with Gasteiger partial charge in [-0.05, 0) is 42.2 Å². The van der Waals surface area contributed by atoms with Crippen LogP contribution in [0.15, 0.2) is 42.5 Å². The maximum atomic E-state index is 5.90. The maximum absolute atomic E-state index is 5.90. The molecule has 100 valence electrons. The van der Waals surface area contributed by atoms with Crippen molar-refractivity contribution in [3.05, 3.63) is 59.2 Å². The van der Waals surface area contributed by atoms with Crippen molar-refractivity contribution < 1.29 is 4.74 Å². The van der Waals surface area contributed by atoms with Gasteiger partial charge in [0.2, 0.25) is 0 Å². The van der Waals surface area contributed by atoms with Gasteiger partial charge in [-0.2, -0.15) is 0 Å². The van der Waals surface area contributed by atoms with Crippen LogP contribution in [0.3, 0.4) is 0 Å². The average molecular weight is 255 g/mol. The lowest BCUT2D eigenvalue weighted by Crippen LogP contribution is -2.00. The Morgan fingerprint density at radius 1 is 1.11 bits per heavy atom. The third-order valence-electron chi connectivity index (χ3n) is 3.31. The predicted octanol–water partition coefficient (Wildman–Crippen LogP) is 4.28. The highest BCUT2D eigenvalue weighted by atomic mass is 16.5. The molecular weight excluding hydrogens is 234 g/mol. The Hall–Kier alpha value is -1.96. The Morgan fingerprint density at radius 2 is 1.84 bits per heavy atom. The van der Waals surface area contributed by atoms with Crippen molar-refractivity contribution >= 4 is 5.69 Å². The number of ether oxygens (including phenoxy) is 1. The predicted molar refractivity (Wildman–Crippen MR) is 80.5 cm³/mol. The van der Waals surface area contributed by atoms with Crippen LogP contribution in [0.4, 0.5) is 5.69 Å². The third-order valence-corrected chi connectivity index (χ3v) is 3.31. The van der Waals surface area contributed by atoms with Gasteiger partial charge in [-0.1, -0.05) is 38.1 Å². The molecule has 2 aromatic rings. The number of benzene rings is 2. The van der Waals surface area contributed by atoms with E-state index in [4.69, 9.17) is 10.5 Å². The number of anilines is 1. The summed E-state index contributed by atoms with van der Waals surface area (Å²) >= 11 is 0. The normalized spacial score (nSPS) is 10.7. The topological polar surface area (TPSA) is 35.2 Å². The standard InChI is InChI=1S/C17H21NO/c1-12(2)16-9-8-15(10-13(16)3)19-11-14-6-4-5-7-17(14)18/h4-10,12H,11,18H2,1-3H3. The zero-order valence-electron chi connectivity index (χ0n) is 11.8. The second kappa shape index (κ2) is 5.79. The molecule has 2 rings (SSSR count). The number of hydrogen-bond acceptors (Lipinski definition) is 2. The Morgan fingerprint density at radius 3 is 2.47 bits per heavy atom. The van der Waals surface area contributed by atoms with Crippen LogP contribution in [0.2, 0.25) is 0 Å². The summed E-state index contributed by atoms with van der Waals surface area (Å²) in [6.45, 7) is 7.03. The van der Waals surface area contributed by atoms with Crippen LogP contribution in [0.5, 0.6) is 5.75 Å². The first-order chi connectivity index (χ1) is 9.08. The summed E-state index contributed by atoms with van der Waals surface area (Å²) in [6, 6.07) is 14.1. The summed E-state index contributed by atoms with van der Waals surface area (Å²) in [6.07, 6.45) is 0. The molecule has 0 saturated heterocycles. The van der Waals surface area contributed by atoms with Crippen molar-refractivity contribution in [3.8, 4) is 5.75 Å². The minimum atomic E-state index is 0.507. The molecule has 0 spiro atoms. The van der Waals surface area contributed by atoms with Gasteiger partial charge >= 0.3 is 0 Å². The van der Waals surface area contributed by atoms with E-state index in [2.05, 4.69) is 32.9 Å². The van der Waals surface area contributed by atoms with Crippen LogP contribution in [0.25, 0.3) is 0 Å². The molecule has 0 heterocycles. The molecule has 0 unspecified atom stereocenters. The lowest BCUT2D eigenvalue weighted by Gasteiger charge is -2.13. The highest BCUT2D eigenvalue weighted by molar-refractivity contribution is 5.46. The van der Waals surface area contributed by atoms with Gasteiger partial charge in [-0.25, -0.2) is 0 Å². The highest BCUT2D eigenvalue weighted by Crippen LogP contribution is 2.24. The molecule has 0 bridgehead atoms. The Kier molecular flexibility index (Phi) is 4.10. The van der Waals surface area contributed by atoms with Crippen molar-refractivity contribution in [1.29, 1.82) is 0 Å². The molecule has 0 radical (unpaired) electrons. The van der Waals surface area contributed by atoms with E-state index in [1.807, 2.05) is 30.3 Å². The smallest absolute Gasteiger partial charge is 0.120 e. The van der Waals surface area contributed by atoms with Gasteiger partial charge in [0.25, 0.3) is 0 Å². The van der Waals surface area contributed by atoms with Crippen LogP contribution in [0, 0.1) is 6.92 Å². The highest BCUT2D eigenvalue weighted by Gasteiger charge is 2.05. The van der Waals surface area contributed by atoms with Crippen LogP contribution in [-0.4, -0.2) is 0 Å². The first kappa shape index (κ1) is 13.5. The molecule has 0 atom stereocenters. The van der Waals surface area contributed by atoms with Gasteiger partial charge in [-0.15, -0.1) is 0 Å². The van der Waals surface area contributed by atoms with E-state index in [1.54, 1.807) is 0 Å². The van der Waals surface area contributed by atoms with Crippen molar-refractivity contribution in [2.24, 2.45) is 0 Å². The Balaban J connectivity index is 2.08. The van der Waals surface area contributed by atoms with Gasteiger partial charge in [-0.3, -0.25) is 0 Å². The fourth-order valence-electron chi connectivity index (χ4n) is 2.21. The maximum Gasteiger partial charge on any atom is 0.120 e. The first-order valence-corrected chi connectivity index (χ1v) is 6.64. The Bertz CT molecular complexity index is 561.